The lowest BCUT2D eigenvalue weighted by molar-refractivity contribution is 0.112. The highest BCUT2D eigenvalue weighted by molar-refractivity contribution is 7.46. The van der Waals surface area contributed by atoms with Crippen LogP contribution >= 0.6 is 8.58 Å². The van der Waals surface area contributed by atoms with Crippen LogP contribution in [0.1, 0.15) is 10.4 Å². The van der Waals surface area contributed by atoms with Gasteiger partial charge in [-0.3, -0.25) is 4.79 Å². The van der Waals surface area contributed by atoms with E-state index in [0.29, 0.717) is 8.58 Å². The van der Waals surface area contributed by atoms with E-state index in [2.05, 4.69) is 43.1 Å². The van der Waals surface area contributed by atoms with Crippen molar-refractivity contribution in [3.8, 4) is 22.3 Å². The Kier molecular flexibility index (Phi) is 4.46. The van der Waals surface area contributed by atoms with Gasteiger partial charge in [0.05, 0.1) is 0 Å². The molecule has 1 nitrogen and oxygen atoms in total. The van der Waals surface area contributed by atoms with Crippen molar-refractivity contribution < 1.29 is 4.79 Å². The second kappa shape index (κ2) is 6.68. The molecule has 0 radical (unpaired) electrons. The first kappa shape index (κ1) is 14.7. The fraction of sp³-hybridized carbons (Fsp3) is 0.0500. The van der Waals surface area contributed by atoms with Crippen LogP contribution in [0.4, 0.5) is 0 Å². The molecule has 0 aliphatic carbocycles. The molecule has 0 amide bonds. The highest BCUT2D eigenvalue weighted by atomic mass is 31.1. The van der Waals surface area contributed by atoms with Gasteiger partial charge in [0.25, 0.3) is 0 Å². The highest BCUT2D eigenvalue weighted by Gasteiger charge is 2.10. The maximum absolute atomic E-state index is 11.5. The van der Waals surface area contributed by atoms with Gasteiger partial charge in [0.2, 0.25) is 0 Å². The summed E-state index contributed by atoms with van der Waals surface area (Å²) in [7, 11) is 0.700. The van der Waals surface area contributed by atoms with E-state index in [4.69, 9.17) is 0 Å². The predicted octanol–water partition coefficient (Wildman–Crippen LogP) is 4.77. The molecule has 0 bridgehead atoms. The lowest BCUT2D eigenvalue weighted by Gasteiger charge is -2.12. The summed E-state index contributed by atoms with van der Waals surface area (Å²) in [5, 5.41) is 1.29. The zero-order chi connectivity index (χ0) is 15.4. The maximum Gasteiger partial charge on any atom is 0.150 e. The molecule has 0 saturated carbocycles. The van der Waals surface area contributed by atoms with Crippen molar-refractivity contribution in [1.82, 2.24) is 0 Å². The summed E-state index contributed by atoms with van der Waals surface area (Å²) in [5.41, 5.74) is 5.21. The molecule has 0 N–H and O–H groups in total. The van der Waals surface area contributed by atoms with E-state index >= 15 is 0 Å². The topological polar surface area (TPSA) is 17.1 Å². The summed E-state index contributed by atoms with van der Waals surface area (Å²) in [4.78, 5) is 11.5. The van der Waals surface area contributed by atoms with E-state index in [9.17, 15) is 4.79 Å². The van der Waals surface area contributed by atoms with Crippen molar-refractivity contribution in [2.24, 2.45) is 0 Å². The van der Waals surface area contributed by atoms with Crippen LogP contribution in [0, 0.1) is 0 Å². The summed E-state index contributed by atoms with van der Waals surface area (Å²) < 4.78 is 0. The van der Waals surface area contributed by atoms with Crippen LogP contribution in [0.5, 0.6) is 0 Å². The minimum atomic E-state index is 0.700. The molecule has 3 aromatic carbocycles. The predicted molar refractivity (Wildman–Crippen MR) is 96.6 cm³/mol. The van der Waals surface area contributed by atoms with Crippen LogP contribution in [0.15, 0.2) is 72.8 Å². The van der Waals surface area contributed by atoms with Gasteiger partial charge in [-0.2, -0.15) is 0 Å². The molecule has 0 heterocycles. The number of aldehydes is 1. The molecule has 3 rings (SSSR count). The van der Waals surface area contributed by atoms with Gasteiger partial charge in [0.15, 0.2) is 6.29 Å². The molecule has 1 unspecified atom stereocenters. The zero-order valence-electron chi connectivity index (χ0n) is 12.4. The Morgan fingerprint density at radius 2 is 1.50 bits per heavy atom. The fourth-order valence-electron chi connectivity index (χ4n) is 2.64. The van der Waals surface area contributed by atoms with E-state index in [1.54, 1.807) is 0 Å². The first-order valence-electron chi connectivity index (χ1n) is 7.25. The summed E-state index contributed by atoms with van der Waals surface area (Å²) in [6, 6.07) is 24.6. The Labute approximate surface area is 132 Å². The lowest BCUT2D eigenvalue weighted by Crippen LogP contribution is -2.01. The van der Waals surface area contributed by atoms with E-state index in [0.717, 1.165) is 34.1 Å². The lowest BCUT2D eigenvalue weighted by atomic mass is 9.95. The van der Waals surface area contributed by atoms with E-state index in [1.165, 1.54) is 5.30 Å². The Hall–Kier alpha value is -2.24. The Morgan fingerprint density at radius 3 is 2.23 bits per heavy atom. The van der Waals surface area contributed by atoms with E-state index < -0.39 is 0 Å². The molecule has 2 heteroatoms. The maximum atomic E-state index is 11.5. The summed E-state index contributed by atoms with van der Waals surface area (Å²) in [6.07, 6.45) is 0.944. The van der Waals surface area contributed by atoms with Crippen molar-refractivity contribution in [2.75, 3.05) is 6.66 Å². The van der Waals surface area contributed by atoms with Gasteiger partial charge in [-0.15, -0.1) is 0 Å². The number of carbonyl (C=O) groups excluding carboxylic acids is 1. The van der Waals surface area contributed by atoms with E-state index in [-0.39, 0.29) is 0 Å². The third kappa shape index (κ3) is 2.86. The first-order valence-corrected chi connectivity index (χ1v) is 8.75. The molecular formula is C20H17OP. The van der Waals surface area contributed by atoms with Crippen molar-refractivity contribution in [1.29, 1.82) is 0 Å². The molecule has 3 aromatic rings. The standard InChI is InChI=1S/C20H17OP/c1-22-20-10-6-5-9-18(20)19-13-16(11-12-17(19)14-21)15-7-3-2-4-8-15/h2-14,22H,1H3. The quantitative estimate of drug-likeness (QED) is 0.501. The number of hydrogen-bond donors (Lipinski definition) is 0. The highest BCUT2D eigenvalue weighted by Crippen LogP contribution is 2.30. The normalized spacial score (nSPS) is 11.0. The van der Waals surface area contributed by atoms with Gasteiger partial charge < -0.3 is 0 Å². The zero-order valence-corrected chi connectivity index (χ0v) is 13.4. The molecule has 0 saturated heterocycles. The van der Waals surface area contributed by atoms with Crippen LogP contribution in [0.25, 0.3) is 22.3 Å². The monoisotopic (exact) mass is 304 g/mol. The van der Waals surface area contributed by atoms with Gasteiger partial charge in [0, 0.05) is 5.56 Å². The molecule has 0 spiro atoms. The Morgan fingerprint density at radius 1 is 0.773 bits per heavy atom. The molecule has 1 atom stereocenters. The summed E-state index contributed by atoms with van der Waals surface area (Å²) in [5.74, 6) is 0. The molecule has 0 aliphatic rings. The van der Waals surface area contributed by atoms with E-state index in [1.807, 2.05) is 36.4 Å². The van der Waals surface area contributed by atoms with Gasteiger partial charge in [-0.1, -0.05) is 75.3 Å². The van der Waals surface area contributed by atoms with Crippen LogP contribution in [0.2, 0.25) is 0 Å². The number of rotatable bonds is 4. The van der Waals surface area contributed by atoms with Crippen LogP contribution in [-0.2, 0) is 0 Å². The van der Waals surface area contributed by atoms with Gasteiger partial charge in [-0.05, 0) is 40.3 Å². The second-order valence-electron chi connectivity index (χ2n) is 5.08. The van der Waals surface area contributed by atoms with Crippen molar-refractivity contribution in [3.63, 3.8) is 0 Å². The summed E-state index contributed by atoms with van der Waals surface area (Å²) in [6.45, 7) is 2.17. The van der Waals surface area contributed by atoms with Crippen LogP contribution in [0.3, 0.4) is 0 Å². The third-order valence-corrected chi connectivity index (χ3v) is 4.75. The van der Waals surface area contributed by atoms with Crippen molar-refractivity contribution in [3.05, 3.63) is 78.4 Å². The smallest absolute Gasteiger partial charge is 0.150 e. The Bertz CT molecular complexity index is 794. The minimum Gasteiger partial charge on any atom is -0.298 e. The van der Waals surface area contributed by atoms with Gasteiger partial charge in [0.1, 0.15) is 0 Å². The van der Waals surface area contributed by atoms with Crippen molar-refractivity contribution in [2.45, 2.75) is 0 Å². The molecule has 0 aliphatic heterocycles. The average Bonchev–Trinajstić information content (AvgIpc) is 2.62. The largest absolute Gasteiger partial charge is 0.298 e. The third-order valence-electron chi connectivity index (χ3n) is 3.77. The molecule has 22 heavy (non-hydrogen) atoms. The summed E-state index contributed by atoms with van der Waals surface area (Å²) >= 11 is 0. The average molecular weight is 304 g/mol. The van der Waals surface area contributed by atoms with Crippen LogP contribution < -0.4 is 5.30 Å². The van der Waals surface area contributed by atoms with Gasteiger partial charge >= 0.3 is 0 Å². The number of benzene rings is 3. The second-order valence-corrected chi connectivity index (χ2v) is 6.12. The van der Waals surface area contributed by atoms with Gasteiger partial charge in [-0.25, -0.2) is 0 Å². The number of hydrogen-bond acceptors (Lipinski definition) is 1. The SMILES string of the molecule is CPc1ccccc1-c1cc(-c2ccccc2)ccc1C=O. The first-order chi connectivity index (χ1) is 10.8. The molecular weight excluding hydrogens is 287 g/mol. The molecule has 0 aromatic heterocycles. The Balaban J connectivity index is 2.19. The number of carbonyl (C=O) groups is 1. The fourth-order valence-corrected chi connectivity index (χ4v) is 3.39. The molecule has 0 fully saturated rings. The van der Waals surface area contributed by atoms with Crippen molar-refractivity contribution >= 4 is 20.2 Å². The minimum absolute atomic E-state index is 0.700. The molecule has 108 valence electrons. The van der Waals surface area contributed by atoms with Crippen LogP contribution in [-0.4, -0.2) is 13.0 Å².